The summed E-state index contributed by atoms with van der Waals surface area (Å²) >= 11 is 1.31. The molecule has 2 aromatic carbocycles. The van der Waals surface area contributed by atoms with Crippen molar-refractivity contribution in [2.24, 2.45) is 0 Å². The molecule has 0 unspecified atom stereocenters. The lowest BCUT2D eigenvalue weighted by Gasteiger charge is -2.10. The number of pyridine rings is 1. The first-order chi connectivity index (χ1) is 14.0. The molecule has 0 saturated heterocycles. The molecule has 0 aliphatic rings. The maximum atomic E-state index is 12.9. The fourth-order valence-corrected chi connectivity index (χ4v) is 4.26. The van der Waals surface area contributed by atoms with E-state index in [4.69, 9.17) is 15.5 Å². The Morgan fingerprint density at radius 3 is 2.38 bits per heavy atom. The summed E-state index contributed by atoms with van der Waals surface area (Å²) in [4.78, 5) is 18.8. The number of hydrogen-bond acceptors (Lipinski definition) is 5. The first kappa shape index (κ1) is 19.0. The lowest BCUT2D eigenvalue weighted by Crippen LogP contribution is -2.13. The van der Waals surface area contributed by atoms with E-state index in [-0.39, 0.29) is 5.91 Å². The average molecular weight is 404 g/mol. The van der Waals surface area contributed by atoms with Crippen LogP contribution < -0.4 is 15.8 Å². The highest BCUT2D eigenvalue weighted by Crippen LogP contribution is 2.35. The number of anilines is 2. The van der Waals surface area contributed by atoms with Gasteiger partial charge in [-0.25, -0.2) is 4.98 Å². The van der Waals surface area contributed by atoms with Gasteiger partial charge in [-0.15, -0.1) is 11.3 Å². The van der Waals surface area contributed by atoms with Crippen LogP contribution in [0.4, 0.5) is 11.4 Å². The van der Waals surface area contributed by atoms with E-state index >= 15 is 0 Å². The van der Waals surface area contributed by atoms with Gasteiger partial charge in [-0.3, -0.25) is 4.79 Å². The summed E-state index contributed by atoms with van der Waals surface area (Å²) in [6, 6.07) is 17.5. The van der Waals surface area contributed by atoms with Gasteiger partial charge in [0, 0.05) is 16.6 Å². The minimum absolute atomic E-state index is 0.214. The smallest absolute Gasteiger partial charge is 0.267 e. The van der Waals surface area contributed by atoms with E-state index in [1.807, 2.05) is 68.4 Å². The van der Waals surface area contributed by atoms with Gasteiger partial charge >= 0.3 is 0 Å². The van der Waals surface area contributed by atoms with Crippen LogP contribution in [0.2, 0.25) is 0 Å². The lowest BCUT2D eigenvalue weighted by atomic mass is 10.1. The highest BCUT2D eigenvalue weighted by molar-refractivity contribution is 7.21. The second-order valence-electron chi connectivity index (χ2n) is 6.84. The van der Waals surface area contributed by atoms with E-state index in [2.05, 4.69) is 5.32 Å². The molecule has 2 heterocycles. The highest BCUT2D eigenvalue weighted by atomic mass is 32.1. The Balaban J connectivity index is 1.69. The van der Waals surface area contributed by atoms with Crippen LogP contribution in [0.1, 0.15) is 20.8 Å². The zero-order chi connectivity index (χ0) is 20.5. The Hall–Kier alpha value is -3.38. The summed E-state index contributed by atoms with van der Waals surface area (Å²) < 4.78 is 5.21. The zero-order valence-corrected chi connectivity index (χ0v) is 17.3. The Kier molecular flexibility index (Phi) is 4.94. The van der Waals surface area contributed by atoms with Crippen molar-refractivity contribution in [3.8, 4) is 17.0 Å². The van der Waals surface area contributed by atoms with Crippen molar-refractivity contribution in [1.29, 1.82) is 0 Å². The third-order valence-corrected chi connectivity index (χ3v) is 6.02. The number of fused-ring (bicyclic) bond motifs is 1. The number of hydrogen-bond donors (Lipinski definition) is 2. The van der Waals surface area contributed by atoms with E-state index in [0.717, 1.165) is 44.0 Å². The average Bonchev–Trinajstić information content (AvgIpc) is 3.07. The number of amides is 1. The van der Waals surface area contributed by atoms with Crippen molar-refractivity contribution in [3.05, 3.63) is 70.6 Å². The molecule has 0 bridgehead atoms. The van der Waals surface area contributed by atoms with Crippen molar-refractivity contribution >= 4 is 38.8 Å². The number of rotatable bonds is 4. The molecular formula is C23H21N3O2S. The van der Waals surface area contributed by atoms with Gasteiger partial charge < -0.3 is 15.8 Å². The second-order valence-corrected chi connectivity index (χ2v) is 7.84. The molecule has 2 aromatic heterocycles. The van der Waals surface area contributed by atoms with Crippen LogP contribution in [0, 0.1) is 13.8 Å². The predicted octanol–water partition coefficient (Wildman–Crippen LogP) is 5.42. The molecule has 0 spiro atoms. The van der Waals surface area contributed by atoms with Gasteiger partial charge in [-0.2, -0.15) is 0 Å². The molecule has 3 N–H and O–H groups in total. The number of ether oxygens (including phenoxy) is 1. The Labute approximate surface area is 173 Å². The first-order valence-corrected chi connectivity index (χ1v) is 10.0. The number of aryl methyl sites for hydroxylation is 2. The van der Waals surface area contributed by atoms with Gasteiger partial charge in [0.2, 0.25) is 0 Å². The van der Waals surface area contributed by atoms with Crippen LogP contribution in [0.25, 0.3) is 21.5 Å². The fraction of sp³-hybridized carbons (Fsp3) is 0.130. The van der Waals surface area contributed by atoms with Gasteiger partial charge in [0.15, 0.2) is 0 Å². The molecular weight excluding hydrogens is 382 g/mol. The molecule has 5 nitrogen and oxygen atoms in total. The molecule has 6 heteroatoms. The van der Waals surface area contributed by atoms with Gasteiger partial charge in [-0.1, -0.05) is 18.2 Å². The monoisotopic (exact) mass is 403 g/mol. The Bertz CT molecular complexity index is 1190. The second kappa shape index (κ2) is 7.56. The predicted molar refractivity (Wildman–Crippen MR) is 120 cm³/mol. The number of aromatic nitrogens is 1. The van der Waals surface area contributed by atoms with Gasteiger partial charge in [-0.05, 0) is 61.4 Å². The largest absolute Gasteiger partial charge is 0.497 e. The van der Waals surface area contributed by atoms with Crippen molar-refractivity contribution in [3.63, 3.8) is 0 Å². The number of nitrogens with zero attached hydrogens (tertiary/aromatic N) is 1. The molecule has 1 amide bonds. The van der Waals surface area contributed by atoms with Crippen molar-refractivity contribution < 1.29 is 9.53 Å². The van der Waals surface area contributed by atoms with E-state index < -0.39 is 0 Å². The number of nitrogen functional groups attached to an aromatic ring is 1. The number of thiophene rings is 1. The molecule has 0 radical (unpaired) electrons. The van der Waals surface area contributed by atoms with Crippen molar-refractivity contribution in [2.75, 3.05) is 18.2 Å². The fourth-order valence-electron chi connectivity index (χ4n) is 3.27. The molecule has 4 rings (SSSR count). The molecule has 0 atom stereocenters. The van der Waals surface area contributed by atoms with Gasteiger partial charge in [0.05, 0.1) is 18.5 Å². The summed E-state index contributed by atoms with van der Waals surface area (Å²) in [5.41, 5.74) is 11.4. The number of nitrogens with one attached hydrogen (secondary N) is 1. The summed E-state index contributed by atoms with van der Waals surface area (Å²) in [6.45, 7) is 3.94. The number of para-hydroxylation sites is 1. The SMILES string of the molecule is COc1ccc(-c2ccc3c(N)c(C(=O)Nc4c(C)cccc4C)sc3n2)cc1. The quantitative estimate of drug-likeness (QED) is 0.477. The molecule has 0 aliphatic carbocycles. The first-order valence-electron chi connectivity index (χ1n) is 9.19. The third kappa shape index (κ3) is 3.54. The van der Waals surface area contributed by atoms with E-state index in [1.54, 1.807) is 7.11 Å². The van der Waals surface area contributed by atoms with E-state index in [1.165, 1.54) is 11.3 Å². The minimum Gasteiger partial charge on any atom is -0.497 e. The zero-order valence-electron chi connectivity index (χ0n) is 16.4. The summed E-state index contributed by atoms with van der Waals surface area (Å²) in [6.07, 6.45) is 0. The number of carbonyl (C=O) groups excluding carboxylic acids is 1. The normalized spacial score (nSPS) is 10.9. The molecule has 0 fully saturated rings. The minimum atomic E-state index is -0.214. The maximum Gasteiger partial charge on any atom is 0.267 e. The maximum absolute atomic E-state index is 12.9. The highest BCUT2D eigenvalue weighted by Gasteiger charge is 2.19. The molecule has 146 valence electrons. The van der Waals surface area contributed by atoms with Crippen molar-refractivity contribution in [1.82, 2.24) is 4.98 Å². The number of methoxy groups -OCH3 is 1. The third-order valence-electron chi connectivity index (χ3n) is 4.91. The van der Waals surface area contributed by atoms with Crippen molar-refractivity contribution in [2.45, 2.75) is 13.8 Å². The van der Waals surface area contributed by atoms with Crippen LogP contribution in [-0.4, -0.2) is 18.0 Å². The molecule has 0 aliphatic heterocycles. The van der Waals surface area contributed by atoms with E-state index in [0.29, 0.717) is 10.6 Å². The van der Waals surface area contributed by atoms with Gasteiger partial charge in [0.25, 0.3) is 5.91 Å². The van der Waals surface area contributed by atoms with E-state index in [9.17, 15) is 4.79 Å². The van der Waals surface area contributed by atoms with Crippen LogP contribution in [0.15, 0.2) is 54.6 Å². The molecule has 4 aromatic rings. The summed E-state index contributed by atoms with van der Waals surface area (Å²) in [5.74, 6) is 0.578. The van der Waals surface area contributed by atoms with Crippen LogP contribution in [0.3, 0.4) is 0 Å². The van der Waals surface area contributed by atoms with Gasteiger partial charge in [0.1, 0.15) is 15.5 Å². The topological polar surface area (TPSA) is 77.2 Å². The Morgan fingerprint density at radius 2 is 1.72 bits per heavy atom. The van der Waals surface area contributed by atoms with Crippen LogP contribution >= 0.6 is 11.3 Å². The summed E-state index contributed by atoms with van der Waals surface area (Å²) in [5, 5.41) is 3.80. The van der Waals surface area contributed by atoms with Crippen LogP contribution in [0.5, 0.6) is 5.75 Å². The standard InChI is InChI=1S/C23H21N3O2S/c1-13-5-4-6-14(2)20(13)26-22(27)21-19(24)17-11-12-18(25-23(17)29-21)15-7-9-16(28-3)10-8-15/h4-12H,24H2,1-3H3,(H,26,27). The van der Waals surface area contributed by atoms with Crippen LogP contribution in [-0.2, 0) is 0 Å². The Morgan fingerprint density at radius 1 is 1.03 bits per heavy atom. The number of nitrogens with two attached hydrogens (primary N) is 1. The molecule has 29 heavy (non-hydrogen) atoms. The lowest BCUT2D eigenvalue weighted by molar-refractivity contribution is 0.103. The number of benzene rings is 2. The summed E-state index contributed by atoms with van der Waals surface area (Å²) in [7, 11) is 1.64. The molecule has 0 saturated carbocycles. The number of carbonyl (C=O) groups is 1.